The SMILES string of the molecule is Cc1nn(C)c(Cl)c1/C=N/Nc1ccccc1. The molecule has 0 saturated heterocycles. The Morgan fingerprint density at radius 3 is 2.65 bits per heavy atom. The minimum absolute atomic E-state index is 0.584. The van der Waals surface area contributed by atoms with Crippen molar-refractivity contribution in [2.24, 2.45) is 12.1 Å². The molecule has 1 N–H and O–H groups in total. The second kappa shape index (κ2) is 5.01. The van der Waals surface area contributed by atoms with Gasteiger partial charge in [-0.25, -0.2) is 0 Å². The molecule has 2 aromatic rings. The van der Waals surface area contributed by atoms with Gasteiger partial charge in [0, 0.05) is 7.05 Å². The number of halogens is 1. The molecule has 0 aliphatic heterocycles. The Hall–Kier alpha value is -1.81. The average Bonchev–Trinajstić information content (AvgIpc) is 2.57. The van der Waals surface area contributed by atoms with E-state index in [9.17, 15) is 0 Å². The number of hydrogen-bond donors (Lipinski definition) is 1. The number of nitrogens with zero attached hydrogens (tertiary/aromatic N) is 3. The highest BCUT2D eigenvalue weighted by Gasteiger charge is 2.08. The topological polar surface area (TPSA) is 42.2 Å². The fraction of sp³-hybridized carbons (Fsp3) is 0.167. The highest BCUT2D eigenvalue weighted by molar-refractivity contribution is 6.32. The zero-order valence-corrected chi connectivity index (χ0v) is 10.4. The molecule has 0 aliphatic carbocycles. The third-order valence-electron chi connectivity index (χ3n) is 2.36. The second-order valence-electron chi connectivity index (χ2n) is 3.65. The van der Waals surface area contributed by atoms with Crippen LogP contribution in [0.4, 0.5) is 5.69 Å². The van der Waals surface area contributed by atoms with Crippen LogP contribution in [-0.4, -0.2) is 16.0 Å². The Bertz CT molecular complexity index is 531. The van der Waals surface area contributed by atoms with Gasteiger partial charge in [0.05, 0.1) is 23.2 Å². The van der Waals surface area contributed by atoms with Gasteiger partial charge in [-0.15, -0.1) is 0 Å². The van der Waals surface area contributed by atoms with E-state index < -0.39 is 0 Å². The van der Waals surface area contributed by atoms with Crippen molar-refractivity contribution in [1.29, 1.82) is 0 Å². The Labute approximate surface area is 105 Å². The number of anilines is 1. The predicted molar refractivity (Wildman–Crippen MR) is 70.6 cm³/mol. The number of aromatic nitrogens is 2. The van der Waals surface area contributed by atoms with Crippen molar-refractivity contribution >= 4 is 23.5 Å². The first-order valence-electron chi connectivity index (χ1n) is 5.21. The summed E-state index contributed by atoms with van der Waals surface area (Å²) in [6, 6.07) is 9.72. The first kappa shape index (κ1) is 11.7. The van der Waals surface area contributed by atoms with E-state index in [1.807, 2.05) is 37.3 Å². The lowest BCUT2D eigenvalue weighted by Gasteiger charge is -1.98. The molecule has 0 saturated carbocycles. The van der Waals surface area contributed by atoms with Crippen LogP contribution in [0.5, 0.6) is 0 Å². The zero-order chi connectivity index (χ0) is 12.3. The van der Waals surface area contributed by atoms with Gasteiger partial charge in [0.25, 0.3) is 0 Å². The molecule has 1 aromatic heterocycles. The number of aryl methyl sites for hydroxylation is 2. The summed E-state index contributed by atoms with van der Waals surface area (Å²) in [5.41, 5.74) is 5.55. The zero-order valence-electron chi connectivity index (χ0n) is 9.68. The first-order valence-corrected chi connectivity index (χ1v) is 5.59. The summed E-state index contributed by atoms with van der Waals surface area (Å²) in [5.74, 6) is 0. The molecule has 5 heteroatoms. The lowest BCUT2D eigenvalue weighted by molar-refractivity contribution is 0.757. The molecule has 0 amide bonds. The molecule has 2 rings (SSSR count). The molecule has 1 heterocycles. The van der Waals surface area contributed by atoms with Gasteiger partial charge in [0.2, 0.25) is 0 Å². The maximum atomic E-state index is 6.08. The van der Waals surface area contributed by atoms with Crippen molar-refractivity contribution in [2.45, 2.75) is 6.92 Å². The predicted octanol–water partition coefficient (Wildman–Crippen LogP) is 2.83. The van der Waals surface area contributed by atoms with Gasteiger partial charge < -0.3 is 0 Å². The lowest BCUT2D eigenvalue weighted by Crippen LogP contribution is -1.91. The minimum atomic E-state index is 0.584. The van der Waals surface area contributed by atoms with Crippen LogP contribution in [0.2, 0.25) is 5.15 Å². The highest BCUT2D eigenvalue weighted by atomic mass is 35.5. The third-order valence-corrected chi connectivity index (χ3v) is 2.81. The summed E-state index contributed by atoms with van der Waals surface area (Å²) in [5, 5.41) is 8.92. The summed E-state index contributed by atoms with van der Waals surface area (Å²) in [4.78, 5) is 0. The number of nitrogens with one attached hydrogen (secondary N) is 1. The second-order valence-corrected chi connectivity index (χ2v) is 4.01. The molecule has 0 unspecified atom stereocenters. The Balaban J connectivity index is 2.11. The van der Waals surface area contributed by atoms with Gasteiger partial charge in [0.1, 0.15) is 5.15 Å². The fourth-order valence-corrected chi connectivity index (χ4v) is 1.70. The van der Waals surface area contributed by atoms with Gasteiger partial charge in [0.15, 0.2) is 0 Å². The van der Waals surface area contributed by atoms with E-state index in [0.29, 0.717) is 5.15 Å². The molecule has 0 aliphatic rings. The van der Waals surface area contributed by atoms with Crippen LogP contribution in [0.1, 0.15) is 11.3 Å². The normalized spacial score (nSPS) is 11.0. The van der Waals surface area contributed by atoms with Crippen LogP contribution >= 0.6 is 11.6 Å². The van der Waals surface area contributed by atoms with Crippen LogP contribution in [0.15, 0.2) is 35.4 Å². The van der Waals surface area contributed by atoms with E-state index in [-0.39, 0.29) is 0 Å². The van der Waals surface area contributed by atoms with E-state index in [2.05, 4.69) is 15.6 Å². The van der Waals surface area contributed by atoms with E-state index in [1.54, 1.807) is 17.9 Å². The van der Waals surface area contributed by atoms with Crippen molar-refractivity contribution in [3.05, 3.63) is 46.7 Å². The number of rotatable bonds is 3. The maximum absolute atomic E-state index is 6.08. The van der Waals surface area contributed by atoms with E-state index in [0.717, 1.165) is 16.9 Å². The molecule has 0 bridgehead atoms. The number of hydrogen-bond acceptors (Lipinski definition) is 3. The van der Waals surface area contributed by atoms with E-state index >= 15 is 0 Å². The van der Waals surface area contributed by atoms with Crippen LogP contribution in [-0.2, 0) is 7.05 Å². The van der Waals surface area contributed by atoms with Gasteiger partial charge in [-0.1, -0.05) is 29.8 Å². The van der Waals surface area contributed by atoms with Crippen LogP contribution in [0, 0.1) is 6.92 Å². The first-order chi connectivity index (χ1) is 8.18. The number of benzene rings is 1. The van der Waals surface area contributed by atoms with Crippen molar-refractivity contribution in [3.8, 4) is 0 Å². The van der Waals surface area contributed by atoms with E-state index in [1.165, 1.54) is 0 Å². The molecule has 17 heavy (non-hydrogen) atoms. The smallest absolute Gasteiger partial charge is 0.135 e. The fourth-order valence-electron chi connectivity index (χ4n) is 1.48. The van der Waals surface area contributed by atoms with Gasteiger partial charge in [-0.05, 0) is 19.1 Å². The molecule has 1 aromatic carbocycles. The van der Waals surface area contributed by atoms with Gasteiger partial charge in [-0.2, -0.15) is 10.2 Å². The van der Waals surface area contributed by atoms with Gasteiger partial charge in [-0.3, -0.25) is 10.1 Å². The summed E-state index contributed by atoms with van der Waals surface area (Å²) in [6.45, 7) is 1.90. The molecule has 0 spiro atoms. The molecule has 0 radical (unpaired) electrons. The van der Waals surface area contributed by atoms with Crippen LogP contribution in [0.25, 0.3) is 0 Å². The molecular formula is C12H13ClN4. The quantitative estimate of drug-likeness (QED) is 0.670. The number of hydrazone groups is 1. The standard InChI is InChI=1S/C12H13ClN4/c1-9-11(12(13)17(2)16-9)8-14-15-10-6-4-3-5-7-10/h3-8,15H,1-2H3/b14-8+. The summed E-state index contributed by atoms with van der Waals surface area (Å²) in [6.07, 6.45) is 1.68. The Morgan fingerprint density at radius 2 is 2.06 bits per heavy atom. The molecule has 0 atom stereocenters. The largest absolute Gasteiger partial charge is 0.279 e. The molecule has 88 valence electrons. The summed E-state index contributed by atoms with van der Waals surface area (Å²) >= 11 is 6.08. The highest BCUT2D eigenvalue weighted by Crippen LogP contribution is 2.16. The molecule has 0 fully saturated rings. The summed E-state index contributed by atoms with van der Waals surface area (Å²) < 4.78 is 1.63. The van der Waals surface area contributed by atoms with E-state index in [4.69, 9.17) is 11.6 Å². The monoisotopic (exact) mass is 248 g/mol. The summed E-state index contributed by atoms with van der Waals surface area (Å²) in [7, 11) is 1.80. The third kappa shape index (κ3) is 2.65. The Morgan fingerprint density at radius 1 is 1.35 bits per heavy atom. The molecule has 4 nitrogen and oxygen atoms in total. The van der Waals surface area contributed by atoms with Crippen LogP contribution in [0.3, 0.4) is 0 Å². The molecular weight excluding hydrogens is 236 g/mol. The van der Waals surface area contributed by atoms with Crippen LogP contribution < -0.4 is 5.43 Å². The lowest BCUT2D eigenvalue weighted by atomic mass is 10.3. The van der Waals surface area contributed by atoms with Gasteiger partial charge >= 0.3 is 0 Å². The minimum Gasteiger partial charge on any atom is -0.279 e. The van der Waals surface area contributed by atoms with Crippen molar-refractivity contribution < 1.29 is 0 Å². The van der Waals surface area contributed by atoms with Crippen molar-refractivity contribution in [2.75, 3.05) is 5.43 Å². The average molecular weight is 249 g/mol. The van der Waals surface area contributed by atoms with Crippen molar-refractivity contribution in [1.82, 2.24) is 9.78 Å². The Kier molecular flexibility index (Phi) is 3.44. The maximum Gasteiger partial charge on any atom is 0.135 e. The van der Waals surface area contributed by atoms with Crippen molar-refractivity contribution in [3.63, 3.8) is 0 Å². The number of para-hydroxylation sites is 1.